The van der Waals surface area contributed by atoms with Gasteiger partial charge in [-0.15, -0.1) is 0 Å². The number of nitrogens with zero attached hydrogens (tertiary/aromatic N) is 1. The standard InChI is InChI=1S/C19H24N2O/c1-2-20-14-16-12-13-18(15-8-4-3-5-9-15)21(19(16)22)17-10-6-7-11-17/h3-5,8-9,12-13,17,20H,2,6-7,10-11,14H2,1H3. The maximum absolute atomic E-state index is 13.0. The van der Waals surface area contributed by atoms with Crippen LogP contribution in [-0.2, 0) is 6.54 Å². The number of hydrogen-bond donors (Lipinski definition) is 1. The average Bonchev–Trinajstić information content (AvgIpc) is 3.08. The molecule has 1 aromatic heterocycles. The molecule has 0 atom stereocenters. The summed E-state index contributed by atoms with van der Waals surface area (Å²) in [5, 5.41) is 3.27. The number of hydrogen-bond acceptors (Lipinski definition) is 2. The van der Waals surface area contributed by atoms with Crippen LogP contribution in [0.3, 0.4) is 0 Å². The van der Waals surface area contributed by atoms with Crippen LogP contribution in [-0.4, -0.2) is 11.1 Å². The minimum atomic E-state index is 0.175. The molecule has 1 N–H and O–H groups in total. The molecule has 1 aliphatic carbocycles. The lowest BCUT2D eigenvalue weighted by Crippen LogP contribution is -2.30. The fourth-order valence-electron chi connectivity index (χ4n) is 3.36. The van der Waals surface area contributed by atoms with Gasteiger partial charge in [-0.25, -0.2) is 0 Å². The smallest absolute Gasteiger partial charge is 0.255 e. The lowest BCUT2D eigenvalue weighted by molar-refractivity contribution is 0.503. The van der Waals surface area contributed by atoms with E-state index in [0.29, 0.717) is 12.6 Å². The second kappa shape index (κ2) is 6.93. The second-order valence-corrected chi connectivity index (χ2v) is 6.00. The van der Waals surface area contributed by atoms with Gasteiger partial charge >= 0.3 is 0 Å². The van der Waals surface area contributed by atoms with Gasteiger partial charge in [0.05, 0.1) is 5.69 Å². The summed E-state index contributed by atoms with van der Waals surface area (Å²) in [6.07, 6.45) is 4.68. The Hall–Kier alpha value is -1.87. The molecule has 1 fully saturated rings. The lowest BCUT2D eigenvalue weighted by atomic mass is 10.1. The molecule has 0 aliphatic heterocycles. The van der Waals surface area contributed by atoms with Gasteiger partial charge in [0.2, 0.25) is 0 Å². The fourth-order valence-corrected chi connectivity index (χ4v) is 3.36. The second-order valence-electron chi connectivity index (χ2n) is 6.00. The molecule has 0 amide bonds. The lowest BCUT2D eigenvalue weighted by Gasteiger charge is -2.20. The summed E-state index contributed by atoms with van der Waals surface area (Å²) >= 11 is 0. The minimum Gasteiger partial charge on any atom is -0.313 e. The molecule has 0 spiro atoms. The summed E-state index contributed by atoms with van der Waals surface area (Å²) in [6, 6.07) is 14.7. The first-order valence-electron chi connectivity index (χ1n) is 8.32. The Kier molecular flexibility index (Phi) is 4.74. The van der Waals surface area contributed by atoms with Crippen LogP contribution in [0.15, 0.2) is 47.3 Å². The van der Waals surface area contributed by atoms with Crippen LogP contribution < -0.4 is 10.9 Å². The van der Waals surface area contributed by atoms with E-state index >= 15 is 0 Å². The minimum absolute atomic E-state index is 0.175. The SMILES string of the molecule is CCNCc1ccc(-c2ccccc2)n(C2CCCC2)c1=O. The van der Waals surface area contributed by atoms with Crippen molar-refractivity contribution in [3.63, 3.8) is 0 Å². The number of aromatic nitrogens is 1. The highest BCUT2D eigenvalue weighted by molar-refractivity contribution is 5.60. The van der Waals surface area contributed by atoms with E-state index in [1.807, 2.05) is 24.3 Å². The maximum Gasteiger partial charge on any atom is 0.255 e. The van der Waals surface area contributed by atoms with Crippen LogP contribution >= 0.6 is 0 Å². The van der Waals surface area contributed by atoms with Crippen LogP contribution in [0.2, 0.25) is 0 Å². The van der Waals surface area contributed by atoms with Crippen molar-refractivity contribution in [1.29, 1.82) is 0 Å². The molecule has 2 aromatic rings. The molecule has 0 saturated heterocycles. The van der Waals surface area contributed by atoms with E-state index in [4.69, 9.17) is 0 Å². The monoisotopic (exact) mass is 296 g/mol. The zero-order chi connectivity index (χ0) is 15.4. The van der Waals surface area contributed by atoms with Crippen molar-refractivity contribution in [3.8, 4) is 11.3 Å². The van der Waals surface area contributed by atoms with Crippen LogP contribution in [0.25, 0.3) is 11.3 Å². The summed E-state index contributed by atoms with van der Waals surface area (Å²) < 4.78 is 2.05. The van der Waals surface area contributed by atoms with Crippen molar-refractivity contribution in [2.24, 2.45) is 0 Å². The molecule has 116 valence electrons. The fraction of sp³-hybridized carbons (Fsp3) is 0.421. The molecule has 1 aromatic carbocycles. The topological polar surface area (TPSA) is 34.0 Å². The third-order valence-corrected chi connectivity index (χ3v) is 4.52. The van der Waals surface area contributed by atoms with Crippen LogP contribution in [0.5, 0.6) is 0 Å². The highest BCUT2D eigenvalue weighted by Crippen LogP contribution is 2.32. The van der Waals surface area contributed by atoms with E-state index in [1.165, 1.54) is 12.8 Å². The van der Waals surface area contributed by atoms with Crippen molar-refractivity contribution in [3.05, 3.63) is 58.4 Å². The number of nitrogens with one attached hydrogen (secondary N) is 1. The van der Waals surface area contributed by atoms with Crippen LogP contribution in [0, 0.1) is 0 Å². The quantitative estimate of drug-likeness (QED) is 0.912. The van der Waals surface area contributed by atoms with Gasteiger partial charge in [0.1, 0.15) is 0 Å². The molecule has 3 heteroatoms. The zero-order valence-corrected chi connectivity index (χ0v) is 13.2. The summed E-state index contributed by atoms with van der Waals surface area (Å²) in [7, 11) is 0. The number of rotatable bonds is 5. The predicted molar refractivity (Wildman–Crippen MR) is 91.0 cm³/mol. The van der Waals surface area contributed by atoms with Gasteiger partial charge in [0, 0.05) is 18.2 Å². The van der Waals surface area contributed by atoms with Gasteiger partial charge in [-0.05, 0) is 31.0 Å². The highest BCUT2D eigenvalue weighted by Gasteiger charge is 2.22. The predicted octanol–water partition coefficient (Wildman–Crippen LogP) is 3.74. The maximum atomic E-state index is 13.0. The van der Waals surface area contributed by atoms with Crippen molar-refractivity contribution in [2.75, 3.05) is 6.54 Å². The first-order chi connectivity index (χ1) is 10.8. The molecule has 1 aliphatic rings. The Balaban J connectivity index is 2.09. The summed E-state index contributed by atoms with van der Waals surface area (Å²) in [4.78, 5) is 13.0. The van der Waals surface area contributed by atoms with E-state index in [-0.39, 0.29) is 5.56 Å². The van der Waals surface area contributed by atoms with Crippen molar-refractivity contribution in [2.45, 2.75) is 45.2 Å². The molecule has 22 heavy (non-hydrogen) atoms. The third kappa shape index (κ3) is 3.00. The zero-order valence-electron chi connectivity index (χ0n) is 13.2. The van der Waals surface area contributed by atoms with E-state index < -0.39 is 0 Å². The van der Waals surface area contributed by atoms with E-state index in [1.54, 1.807) is 0 Å². The first-order valence-corrected chi connectivity index (χ1v) is 8.32. The Morgan fingerprint density at radius 3 is 2.50 bits per heavy atom. The van der Waals surface area contributed by atoms with Gasteiger partial charge in [-0.2, -0.15) is 0 Å². The first kappa shape index (κ1) is 15.0. The van der Waals surface area contributed by atoms with Gasteiger partial charge in [-0.3, -0.25) is 4.79 Å². The van der Waals surface area contributed by atoms with Gasteiger partial charge in [-0.1, -0.05) is 56.2 Å². The Bertz CT molecular complexity index is 670. The van der Waals surface area contributed by atoms with E-state index in [2.05, 4.69) is 35.0 Å². The molecule has 0 unspecified atom stereocenters. The average molecular weight is 296 g/mol. The normalized spacial score (nSPS) is 15.3. The van der Waals surface area contributed by atoms with E-state index in [9.17, 15) is 4.79 Å². The largest absolute Gasteiger partial charge is 0.313 e. The van der Waals surface area contributed by atoms with Crippen LogP contribution in [0.4, 0.5) is 0 Å². The molecule has 0 bridgehead atoms. The summed E-state index contributed by atoms with van der Waals surface area (Å²) in [6.45, 7) is 3.59. The third-order valence-electron chi connectivity index (χ3n) is 4.52. The van der Waals surface area contributed by atoms with Gasteiger partial charge < -0.3 is 9.88 Å². The highest BCUT2D eigenvalue weighted by atomic mass is 16.1. The van der Waals surface area contributed by atoms with Crippen molar-refractivity contribution < 1.29 is 0 Å². The van der Waals surface area contributed by atoms with E-state index in [0.717, 1.165) is 36.2 Å². The van der Waals surface area contributed by atoms with Gasteiger partial charge in [0.25, 0.3) is 5.56 Å². The molecule has 3 nitrogen and oxygen atoms in total. The molecule has 0 radical (unpaired) electrons. The van der Waals surface area contributed by atoms with Crippen LogP contribution in [0.1, 0.15) is 44.2 Å². The van der Waals surface area contributed by atoms with Crippen molar-refractivity contribution in [1.82, 2.24) is 9.88 Å². The summed E-state index contributed by atoms with van der Waals surface area (Å²) in [5.41, 5.74) is 3.22. The Labute approximate surface area is 132 Å². The van der Waals surface area contributed by atoms with Crippen molar-refractivity contribution >= 4 is 0 Å². The molecule has 3 rings (SSSR count). The molecular formula is C19H24N2O. The molecular weight excluding hydrogens is 272 g/mol. The Morgan fingerprint density at radius 1 is 1.09 bits per heavy atom. The summed E-state index contributed by atoms with van der Waals surface area (Å²) in [5.74, 6) is 0. The molecule has 1 saturated carbocycles. The molecule has 1 heterocycles. The number of pyridine rings is 1. The number of benzene rings is 1. The van der Waals surface area contributed by atoms with Gasteiger partial charge in [0.15, 0.2) is 0 Å². The Morgan fingerprint density at radius 2 is 1.82 bits per heavy atom.